The SMILES string of the molecule is COC(=O)[C@H](Cc1ccc(-c2c(C(F)(F)F)cc(C)n(C)c2=O)c2ncccc12)NC(=O)c1c(F)cccc1F. The standard InChI is InChI=1S/C28H22F5N3O4/c1-14-12-18(28(31,32)33)22(26(38)36(14)2)17-10-9-15(16-6-5-11-34-24(16)17)13-21(27(39)40-3)35-25(37)23-19(29)7-4-8-20(23)30/h4-12,21H,13H2,1-3H3,(H,35,37)/t21-/m0/s1. The minimum absolute atomic E-state index is 0.0431. The normalized spacial score (nSPS) is 12.3. The quantitative estimate of drug-likeness (QED) is 0.273. The number of amides is 1. The molecule has 0 saturated heterocycles. The first-order valence-corrected chi connectivity index (χ1v) is 11.8. The van der Waals surface area contributed by atoms with Crippen LogP contribution in [0.3, 0.4) is 0 Å². The van der Waals surface area contributed by atoms with Crippen LogP contribution in [0.4, 0.5) is 22.0 Å². The fraction of sp³-hybridized carbons (Fsp3) is 0.214. The lowest BCUT2D eigenvalue weighted by atomic mass is 9.93. The predicted molar refractivity (Wildman–Crippen MR) is 135 cm³/mol. The van der Waals surface area contributed by atoms with Crippen LogP contribution in [0, 0.1) is 18.6 Å². The molecule has 12 heteroatoms. The van der Waals surface area contributed by atoms with Gasteiger partial charge in [-0.2, -0.15) is 13.2 Å². The van der Waals surface area contributed by atoms with Gasteiger partial charge in [-0.1, -0.05) is 24.3 Å². The number of aromatic nitrogens is 2. The molecule has 0 aliphatic carbocycles. The minimum atomic E-state index is -4.84. The van der Waals surface area contributed by atoms with Gasteiger partial charge in [-0.05, 0) is 36.8 Å². The van der Waals surface area contributed by atoms with Crippen molar-refractivity contribution in [3.63, 3.8) is 0 Å². The summed E-state index contributed by atoms with van der Waals surface area (Å²) in [6.07, 6.45) is -3.77. The van der Waals surface area contributed by atoms with Crippen LogP contribution in [0.15, 0.2) is 59.5 Å². The monoisotopic (exact) mass is 559 g/mol. The number of benzene rings is 2. The van der Waals surface area contributed by atoms with E-state index in [0.717, 1.165) is 35.9 Å². The zero-order chi connectivity index (χ0) is 29.4. The highest BCUT2D eigenvalue weighted by Gasteiger charge is 2.37. The molecule has 0 aliphatic rings. The summed E-state index contributed by atoms with van der Waals surface area (Å²) in [5.74, 6) is -4.42. The Hall–Kier alpha value is -4.61. The number of carbonyl (C=O) groups excluding carboxylic acids is 2. The second-order valence-corrected chi connectivity index (χ2v) is 8.96. The molecule has 0 unspecified atom stereocenters. The zero-order valence-corrected chi connectivity index (χ0v) is 21.4. The maximum absolute atomic E-state index is 14.1. The highest BCUT2D eigenvalue weighted by molar-refractivity contribution is 5.99. The van der Waals surface area contributed by atoms with Crippen LogP contribution >= 0.6 is 0 Å². The number of nitrogens with zero attached hydrogens (tertiary/aromatic N) is 2. The van der Waals surface area contributed by atoms with Crippen molar-refractivity contribution in [3.8, 4) is 11.1 Å². The summed E-state index contributed by atoms with van der Waals surface area (Å²) in [7, 11) is 2.41. The lowest BCUT2D eigenvalue weighted by Crippen LogP contribution is -2.43. The number of hydrogen-bond acceptors (Lipinski definition) is 5. The molecule has 208 valence electrons. The van der Waals surface area contributed by atoms with Crippen LogP contribution < -0.4 is 10.9 Å². The van der Waals surface area contributed by atoms with Crippen LogP contribution in [0.25, 0.3) is 22.0 Å². The Kier molecular flexibility index (Phi) is 7.72. The smallest absolute Gasteiger partial charge is 0.417 e. The first-order valence-electron chi connectivity index (χ1n) is 11.8. The van der Waals surface area contributed by atoms with Gasteiger partial charge >= 0.3 is 12.1 Å². The molecule has 0 spiro atoms. The Morgan fingerprint density at radius 3 is 2.38 bits per heavy atom. The van der Waals surface area contributed by atoms with Gasteiger partial charge in [0, 0.05) is 36.3 Å². The van der Waals surface area contributed by atoms with E-state index in [4.69, 9.17) is 4.74 Å². The summed E-state index contributed by atoms with van der Waals surface area (Å²) in [5.41, 5.74) is -3.08. The number of carbonyl (C=O) groups is 2. The summed E-state index contributed by atoms with van der Waals surface area (Å²) in [5, 5.41) is 2.55. The van der Waals surface area contributed by atoms with E-state index >= 15 is 0 Å². The molecule has 1 atom stereocenters. The number of fused-ring (bicyclic) bond motifs is 1. The van der Waals surface area contributed by atoms with Crippen molar-refractivity contribution in [3.05, 3.63) is 99.1 Å². The molecule has 2 aromatic carbocycles. The molecule has 0 radical (unpaired) electrons. The molecular weight excluding hydrogens is 537 g/mol. The van der Waals surface area contributed by atoms with Crippen LogP contribution in [0.1, 0.15) is 27.2 Å². The van der Waals surface area contributed by atoms with Crippen molar-refractivity contribution >= 4 is 22.8 Å². The summed E-state index contributed by atoms with van der Waals surface area (Å²) >= 11 is 0. The molecule has 1 amide bonds. The molecule has 7 nitrogen and oxygen atoms in total. The van der Waals surface area contributed by atoms with Crippen molar-refractivity contribution in [1.82, 2.24) is 14.9 Å². The molecule has 0 saturated carbocycles. The average Bonchev–Trinajstić information content (AvgIpc) is 2.90. The molecule has 2 aromatic heterocycles. The lowest BCUT2D eigenvalue weighted by molar-refractivity contribution is -0.142. The fourth-order valence-corrected chi connectivity index (χ4v) is 4.42. The molecule has 0 aliphatic heterocycles. The van der Waals surface area contributed by atoms with E-state index in [9.17, 15) is 36.3 Å². The molecule has 1 N–H and O–H groups in total. The van der Waals surface area contributed by atoms with Crippen molar-refractivity contribution in [2.75, 3.05) is 7.11 Å². The van der Waals surface area contributed by atoms with Gasteiger partial charge in [0.15, 0.2) is 0 Å². The number of nitrogens with one attached hydrogen (secondary N) is 1. The second kappa shape index (κ2) is 10.9. The van der Waals surface area contributed by atoms with Crippen molar-refractivity contribution < 1.29 is 36.3 Å². The average molecular weight is 559 g/mol. The Morgan fingerprint density at radius 2 is 1.75 bits per heavy atom. The zero-order valence-electron chi connectivity index (χ0n) is 21.4. The lowest BCUT2D eigenvalue weighted by Gasteiger charge is -2.20. The van der Waals surface area contributed by atoms with Gasteiger partial charge < -0.3 is 14.6 Å². The number of alkyl halides is 3. The van der Waals surface area contributed by atoms with Gasteiger partial charge in [-0.25, -0.2) is 13.6 Å². The van der Waals surface area contributed by atoms with Crippen molar-refractivity contribution in [2.45, 2.75) is 25.6 Å². The number of aryl methyl sites for hydroxylation is 1. The van der Waals surface area contributed by atoms with E-state index in [1.54, 1.807) is 0 Å². The second-order valence-electron chi connectivity index (χ2n) is 8.96. The maximum atomic E-state index is 14.1. The Bertz CT molecular complexity index is 1680. The van der Waals surface area contributed by atoms with E-state index in [2.05, 4.69) is 10.3 Å². The van der Waals surface area contributed by atoms with Crippen LogP contribution in [0.2, 0.25) is 0 Å². The van der Waals surface area contributed by atoms with E-state index in [1.807, 2.05) is 0 Å². The van der Waals surface area contributed by atoms with E-state index in [-0.39, 0.29) is 28.6 Å². The van der Waals surface area contributed by atoms with Crippen LogP contribution in [-0.4, -0.2) is 34.6 Å². The molecule has 40 heavy (non-hydrogen) atoms. The maximum Gasteiger partial charge on any atom is 0.417 e. The first-order chi connectivity index (χ1) is 18.8. The number of pyridine rings is 2. The highest BCUT2D eigenvalue weighted by Crippen LogP contribution is 2.38. The van der Waals surface area contributed by atoms with Gasteiger partial charge in [-0.3, -0.25) is 14.6 Å². The number of hydrogen-bond donors (Lipinski definition) is 1. The topological polar surface area (TPSA) is 90.3 Å². The van der Waals surface area contributed by atoms with Crippen molar-refractivity contribution in [2.24, 2.45) is 7.05 Å². The van der Waals surface area contributed by atoms with E-state index < -0.39 is 58.0 Å². The van der Waals surface area contributed by atoms with E-state index in [0.29, 0.717) is 5.56 Å². The van der Waals surface area contributed by atoms with Gasteiger partial charge in [0.1, 0.15) is 23.2 Å². The molecular formula is C28H22F5N3O4. The Balaban J connectivity index is 1.83. The minimum Gasteiger partial charge on any atom is -0.467 e. The fourth-order valence-electron chi connectivity index (χ4n) is 4.42. The Labute approximate surface area is 224 Å². The number of rotatable bonds is 6. The molecule has 2 heterocycles. The third kappa shape index (κ3) is 5.29. The molecule has 0 bridgehead atoms. The molecule has 4 rings (SSSR count). The summed E-state index contributed by atoms with van der Waals surface area (Å²) in [6.45, 7) is 1.38. The third-order valence-corrected chi connectivity index (χ3v) is 6.51. The summed E-state index contributed by atoms with van der Waals surface area (Å²) in [4.78, 5) is 42.5. The summed E-state index contributed by atoms with van der Waals surface area (Å²) < 4.78 is 76.2. The van der Waals surface area contributed by atoms with Gasteiger partial charge in [0.05, 0.1) is 23.8 Å². The largest absolute Gasteiger partial charge is 0.467 e. The summed E-state index contributed by atoms with van der Waals surface area (Å²) in [6, 6.07) is 8.00. The Morgan fingerprint density at radius 1 is 1.07 bits per heavy atom. The third-order valence-electron chi connectivity index (χ3n) is 6.51. The predicted octanol–water partition coefficient (Wildman–Crippen LogP) is 4.72. The van der Waals surface area contributed by atoms with Crippen molar-refractivity contribution in [1.29, 1.82) is 0 Å². The number of methoxy groups -OCH3 is 1. The number of halogens is 5. The number of ether oxygens (including phenoxy) is 1. The molecule has 0 fully saturated rings. The van der Waals surface area contributed by atoms with Gasteiger partial charge in [0.25, 0.3) is 11.5 Å². The van der Waals surface area contributed by atoms with Crippen LogP contribution in [0.5, 0.6) is 0 Å². The first kappa shape index (κ1) is 28.4. The highest BCUT2D eigenvalue weighted by atomic mass is 19.4. The number of esters is 1. The van der Waals surface area contributed by atoms with Crippen LogP contribution in [-0.2, 0) is 29.2 Å². The molecule has 4 aromatic rings. The van der Waals surface area contributed by atoms with Gasteiger partial charge in [-0.15, -0.1) is 0 Å². The van der Waals surface area contributed by atoms with E-state index in [1.165, 1.54) is 44.4 Å². The van der Waals surface area contributed by atoms with Gasteiger partial charge in [0.2, 0.25) is 0 Å².